The Morgan fingerprint density at radius 3 is 2.05 bits per heavy atom. The molecule has 0 radical (unpaired) electrons. The number of rotatable bonds is 3. The first-order valence-corrected chi connectivity index (χ1v) is 7.14. The summed E-state index contributed by atoms with van der Waals surface area (Å²) in [7, 11) is 0. The molecular weight excluding hydrogens is 234 g/mol. The molecule has 0 aromatic carbocycles. The lowest BCUT2D eigenvalue weighted by Gasteiger charge is -2.23. The van der Waals surface area contributed by atoms with Gasteiger partial charge < -0.3 is 4.74 Å². The fourth-order valence-electron chi connectivity index (χ4n) is 1.61. The van der Waals surface area contributed by atoms with Gasteiger partial charge in [-0.25, -0.2) is 4.98 Å². The first kappa shape index (κ1) is 16.0. The predicted octanol–water partition coefficient (Wildman–Crippen LogP) is 4.93. The number of pyridine rings is 1. The second-order valence-electron chi connectivity index (χ2n) is 7.88. The van der Waals surface area contributed by atoms with Crippen LogP contribution in [0.5, 0.6) is 5.88 Å². The van der Waals surface area contributed by atoms with Gasteiger partial charge >= 0.3 is 0 Å². The molecule has 0 aliphatic heterocycles. The molecule has 2 heteroatoms. The smallest absolute Gasteiger partial charge is 0.213 e. The minimum atomic E-state index is 0.0464. The Morgan fingerprint density at radius 2 is 1.63 bits per heavy atom. The lowest BCUT2D eigenvalue weighted by molar-refractivity contribution is 0.190. The molecule has 0 saturated carbocycles. The fourth-order valence-corrected chi connectivity index (χ4v) is 1.61. The Labute approximate surface area is 118 Å². The van der Waals surface area contributed by atoms with E-state index in [4.69, 9.17) is 4.74 Å². The monoisotopic (exact) mass is 263 g/mol. The largest absolute Gasteiger partial charge is 0.477 e. The Kier molecular flexibility index (Phi) is 4.65. The summed E-state index contributed by atoms with van der Waals surface area (Å²) in [6, 6.07) is 4.28. The number of hydrogen-bond acceptors (Lipinski definition) is 2. The van der Waals surface area contributed by atoms with Crippen molar-refractivity contribution in [3.63, 3.8) is 0 Å². The van der Waals surface area contributed by atoms with Crippen LogP contribution in [0.3, 0.4) is 0 Å². The molecule has 1 rings (SSSR count). The van der Waals surface area contributed by atoms with E-state index in [1.807, 2.05) is 0 Å². The zero-order valence-corrected chi connectivity index (χ0v) is 13.8. The third-order valence-corrected chi connectivity index (χ3v) is 2.91. The second kappa shape index (κ2) is 5.52. The summed E-state index contributed by atoms with van der Waals surface area (Å²) in [5.41, 5.74) is 2.59. The molecule has 1 heterocycles. The van der Waals surface area contributed by atoms with Crippen LogP contribution in [-0.4, -0.2) is 11.6 Å². The minimum absolute atomic E-state index is 0.0464. The van der Waals surface area contributed by atoms with Gasteiger partial charge in [0.2, 0.25) is 5.88 Å². The standard InChI is InChI=1S/C17H29NO/c1-12(2)13-9-14(17(6,7)8)18-15(10-13)19-11-16(3,4)5/h9-10,12H,11H2,1-8H3. The van der Waals surface area contributed by atoms with Gasteiger partial charge in [-0.3, -0.25) is 0 Å². The van der Waals surface area contributed by atoms with Crippen molar-refractivity contribution in [1.82, 2.24) is 4.98 Å². The van der Waals surface area contributed by atoms with Crippen molar-refractivity contribution in [2.45, 2.75) is 66.7 Å². The third-order valence-electron chi connectivity index (χ3n) is 2.91. The molecule has 0 saturated heterocycles. The van der Waals surface area contributed by atoms with E-state index >= 15 is 0 Å². The van der Waals surface area contributed by atoms with E-state index in [-0.39, 0.29) is 10.8 Å². The minimum Gasteiger partial charge on any atom is -0.477 e. The normalized spacial score (nSPS) is 12.9. The summed E-state index contributed by atoms with van der Waals surface area (Å²) in [4.78, 5) is 4.67. The van der Waals surface area contributed by atoms with E-state index < -0.39 is 0 Å². The molecule has 0 aliphatic carbocycles. The average Bonchev–Trinajstić information content (AvgIpc) is 2.23. The zero-order valence-electron chi connectivity index (χ0n) is 13.8. The average molecular weight is 263 g/mol. The number of nitrogens with zero attached hydrogens (tertiary/aromatic N) is 1. The van der Waals surface area contributed by atoms with E-state index in [1.165, 1.54) is 5.56 Å². The molecule has 2 nitrogen and oxygen atoms in total. The van der Waals surface area contributed by atoms with E-state index in [0.29, 0.717) is 12.5 Å². The van der Waals surface area contributed by atoms with Crippen LogP contribution >= 0.6 is 0 Å². The van der Waals surface area contributed by atoms with Crippen LogP contribution in [0.15, 0.2) is 12.1 Å². The highest BCUT2D eigenvalue weighted by Gasteiger charge is 2.19. The highest BCUT2D eigenvalue weighted by molar-refractivity contribution is 5.30. The third kappa shape index (κ3) is 5.22. The van der Waals surface area contributed by atoms with Crippen molar-refractivity contribution < 1.29 is 4.74 Å². The number of hydrogen-bond donors (Lipinski definition) is 0. The molecule has 1 aromatic heterocycles. The molecule has 0 unspecified atom stereocenters. The summed E-state index contributed by atoms with van der Waals surface area (Å²) >= 11 is 0. The first-order valence-electron chi connectivity index (χ1n) is 7.14. The topological polar surface area (TPSA) is 22.1 Å². The fraction of sp³-hybridized carbons (Fsp3) is 0.706. The van der Waals surface area contributed by atoms with E-state index in [2.05, 4.69) is 72.5 Å². The molecule has 1 aromatic rings. The first-order chi connectivity index (χ1) is 8.49. The van der Waals surface area contributed by atoms with Crippen molar-refractivity contribution in [3.8, 4) is 5.88 Å². The molecule has 0 atom stereocenters. The van der Waals surface area contributed by atoms with Crippen molar-refractivity contribution in [2.75, 3.05) is 6.61 Å². The van der Waals surface area contributed by atoms with E-state index in [0.717, 1.165) is 11.6 Å². The molecule has 0 N–H and O–H groups in total. The van der Waals surface area contributed by atoms with Gasteiger partial charge in [-0.1, -0.05) is 55.4 Å². The van der Waals surface area contributed by atoms with Gasteiger partial charge in [-0.05, 0) is 23.0 Å². The zero-order chi connectivity index (χ0) is 14.8. The number of ether oxygens (including phenoxy) is 1. The molecule has 0 spiro atoms. The maximum atomic E-state index is 5.89. The van der Waals surface area contributed by atoms with Crippen LogP contribution in [-0.2, 0) is 5.41 Å². The SMILES string of the molecule is CC(C)c1cc(OCC(C)(C)C)nc(C(C)(C)C)c1. The van der Waals surface area contributed by atoms with Crippen molar-refractivity contribution in [3.05, 3.63) is 23.4 Å². The van der Waals surface area contributed by atoms with Crippen LogP contribution in [0.25, 0.3) is 0 Å². The second-order valence-corrected chi connectivity index (χ2v) is 7.88. The predicted molar refractivity (Wildman–Crippen MR) is 82.0 cm³/mol. The lowest BCUT2D eigenvalue weighted by Crippen LogP contribution is -2.19. The summed E-state index contributed by atoms with van der Waals surface area (Å²) in [5.74, 6) is 1.24. The van der Waals surface area contributed by atoms with E-state index in [1.54, 1.807) is 0 Å². The summed E-state index contributed by atoms with van der Waals surface area (Å²) in [6.07, 6.45) is 0. The van der Waals surface area contributed by atoms with Gasteiger partial charge in [-0.2, -0.15) is 0 Å². The van der Waals surface area contributed by atoms with Crippen molar-refractivity contribution >= 4 is 0 Å². The molecule has 0 amide bonds. The van der Waals surface area contributed by atoms with Crippen LogP contribution < -0.4 is 4.74 Å². The summed E-state index contributed by atoms with van der Waals surface area (Å²) in [6.45, 7) is 18.2. The maximum Gasteiger partial charge on any atom is 0.213 e. The van der Waals surface area contributed by atoms with Gasteiger partial charge in [-0.15, -0.1) is 0 Å². The van der Waals surface area contributed by atoms with Crippen LogP contribution in [0.4, 0.5) is 0 Å². The molecule has 0 aliphatic rings. The van der Waals surface area contributed by atoms with Crippen LogP contribution in [0.1, 0.15) is 72.6 Å². The Balaban J connectivity index is 3.07. The molecule has 108 valence electrons. The lowest BCUT2D eigenvalue weighted by atomic mass is 9.89. The van der Waals surface area contributed by atoms with E-state index in [9.17, 15) is 0 Å². The quantitative estimate of drug-likeness (QED) is 0.771. The van der Waals surface area contributed by atoms with Crippen molar-refractivity contribution in [2.24, 2.45) is 5.41 Å². The van der Waals surface area contributed by atoms with Crippen molar-refractivity contribution in [1.29, 1.82) is 0 Å². The Hall–Kier alpha value is -1.05. The number of aromatic nitrogens is 1. The molecular formula is C17H29NO. The summed E-state index contributed by atoms with van der Waals surface area (Å²) in [5, 5.41) is 0. The van der Waals surface area contributed by atoms with Gasteiger partial charge in [0, 0.05) is 11.5 Å². The van der Waals surface area contributed by atoms with Crippen LogP contribution in [0.2, 0.25) is 0 Å². The van der Waals surface area contributed by atoms with Gasteiger partial charge in [0.15, 0.2) is 0 Å². The molecule has 0 fully saturated rings. The highest BCUT2D eigenvalue weighted by atomic mass is 16.5. The summed E-state index contributed by atoms with van der Waals surface area (Å²) < 4.78 is 5.89. The Morgan fingerprint density at radius 1 is 1.05 bits per heavy atom. The van der Waals surface area contributed by atoms with Gasteiger partial charge in [0.25, 0.3) is 0 Å². The Bertz CT molecular complexity index is 422. The van der Waals surface area contributed by atoms with Gasteiger partial charge in [0.1, 0.15) is 0 Å². The molecule has 19 heavy (non-hydrogen) atoms. The van der Waals surface area contributed by atoms with Gasteiger partial charge in [0.05, 0.1) is 12.3 Å². The molecule has 0 bridgehead atoms. The van der Waals surface area contributed by atoms with Crippen LogP contribution in [0, 0.1) is 5.41 Å². The maximum absolute atomic E-state index is 5.89. The highest BCUT2D eigenvalue weighted by Crippen LogP contribution is 2.28.